The molecule has 0 bridgehead atoms. The fraction of sp³-hybridized carbons (Fsp3) is 0.235. The summed E-state index contributed by atoms with van der Waals surface area (Å²) in [6, 6.07) is 14.1. The van der Waals surface area contributed by atoms with Gasteiger partial charge in [0, 0.05) is 0 Å². The molecule has 0 saturated carbocycles. The van der Waals surface area contributed by atoms with Crippen LogP contribution in [0.15, 0.2) is 48.5 Å². The van der Waals surface area contributed by atoms with Crippen molar-refractivity contribution < 1.29 is 17.9 Å². The van der Waals surface area contributed by atoms with Crippen LogP contribution in [0.2, 0.25) is 0 Å². The molecule has 0 aliphatic rings. The number of nitrogens with one attached hydrogen (secondary N) is 1. The number of esters is 1. The summed E-state index contributed by atoms with van der Waals surface area (Å²) in [5.74, 6) is -0.440. The molecule has 0 saturated heterocycles. The molecular weight excluding hydrogens is 314 g/mol. The number of carbonyl (C=O) groups is 1. The second-order valence-corrected chi connectivity index (χ2v) is 7.16. The molecule has 0 heterocycles. The van der Waals surface area contributed by atoms with Gasteiger partial charge in [0.05, 0.1) is 5.75 Å². The molecule has 0 amide bonds. The second-order valence-electron chi connectivity index (χ2n) is 5.35. The number of sulfonamides is 1. The monoisotopic (exact) mass is 333 g/mol. The number of carbonyl (C=O) groups excluding carboxylic acids is 1. The third-order valence-electron chi connectivity index (χ3n) is 3.17. The van der Waals surface area contributed by atoms with Crippen molar-refractivity contribution in [1.29, 1.82) is 0 Å². The number of hydrogen-bond acceptors (Lipinski definition) is 4. The van der Waals surface area contributed by atoms with Gasteiger partial charge in [0.15, 0.2) is 0 Å². The Labute approximate surface area is 136 Å². The first-order chi connectivity index (χ1) is 10.8. The zero-order valence-electron chi connectivity index (χ0n) is 13.1. The fourth-order valence-electron chi connectivity index (χ4n) is 1.90. The Balaban J connectivity index is 1.87. The summed E-state index contributed by atoms with van der Waals surface area (Å²) in [5.41, 5.74) is 2.76. The van der Waals surface area contributed by atoms with Gasteiger partial charge in [-0.05, 0) is 31.5 Å². The molecular formula is C17H19NO4S. The summed E-state index contributed by atoms with van der Waals surface area (Å²) >= 11 is 0. The maximum atomic E-state index is 12.0. The van der Waals surface area contributed by atoms with E-state index in [2.05, 4.69) is 4.72 Å². The quantitative estimate of drug-likeness (QED) is 0.650. The van der Waals surface area contributed by atoms with E-state index in [4.69, 9.17) is 4.74 Å². The predicted octanol–water partition coefficient (Wildman–Crippen LogP) is 2.33. The topological polar surface area (TPSA) is 72.5 Å². The highest BCUT2D eigenvalue weighted by Crippen LogP contribution is 2.11. The zero-order chi connectivity index (χ0) is 16.9. The number of rotatable bonds is 6. The van der Waals surface area contributed by atoms with Crippen LogP contribution in [0.4, 0.5) is 0 Å². The van der Waals surface area contributed by atoms with Crippen molar-refractivity contribution in [3.05, 3.63) is 65.2 Å². The molecule has 0 aromatic heterocycles. The summed E-state index contributed by atoms with van der Waals surface area (Å²) in [6.07, 6.45) is 0. The van der Waals surface area contributed by atoms with Crippen LogP contribution in [0, 0.1) is 13.8 Å². The molecule has 0 spiro atoms. The van der Waals surface area contributed by atoms with Gasteiger partial charge in [-0.3, -0.25) is 4.79 Å². The van der Waals surface area contributed by atoms with Gasteiger partial charge in [-0.2, -0.15) is 0 Å². The molecule has 5 nitrogen and oxygen atoms in total. The lowest BCUT2D eigenvalue weighted by atomic mass is 10.2. The van der Waals surface area contributed by atoms with E-state index in [1.165, 1.54) is 0 Å². The SMILES string of the molecule is Cc1ccc(CS(=O)(=O)NCC(=O)Oc2ccc(C)cc2)cc1. The van der Waals surface area contributed by atoms with Crippen molar-refractivity contribution in [3.63, 3.8) is 0 Å². The summed E-state index contributed by atoms with van der Waals surface area (Å²) in [7, 11) is -3.59. The molecule has 6 heteroatoms. The highest BCUT2D eigenvalue weighted by Gasteiger charge is 2.14. The molecule has 0 atom stereocenters. The van der Waals surface area contributed by atoms with E-state index in [1.807, 2.05) is 38.1 Å². The zero-order valence-corrected chi connectivity index (χ0v) is 13.9. The normalized spacial score (nSPS) is 11.2. The number of ether oxygens (including phenoxy) is 1. The Morgan fingerprint density at radius 2 is 1.48 bits per heavy atom. The predicted molar refractivity (Wildman–Crippen MR) is 88.6 cm³/mol. The Bertz CT molecular complexity index is 765. The van der Waals surface area contributed by atoms with Crippen molar-refractivity contribution in [2.45, 2.75) is 19.6 Å². The highest BCUT2D eigenvalue weighted by molar-refractivity contribution is 7.88. The Kier molecular flexibility index (Phi) is 5.52. The van der Waals surface area contributed by atoms with Gasteiger partial charge in [0.25, 0.3) is 0 Å². The largest absolute Gasteiger partial charge is 0.426 e. The molecule has 2 aromatic carbocycles. The molecule has 23 heavy (non-hydrogen) atoms. The van der Waals surface area contributed by atoms with E-state index in [0.29, 0.717) is 11.3 Å². The van der Waals surface area contributed by atoms with Gasteiger partial charge < -0.3 is 4.74 Å². The lowest BCUT2D eigenvalue weighted by Gasteiger charge is -2.08. The first kappa shape index (κ1) is 17.2. The smallest absolute Gasteiger partial charge is 0.326 e. The Hall–Kier alpha value is -2.18. The van der Waals surface area contributed by atoms with E-state index in [-0.39, 0.29) is 5.75 Å². The lowest BCUT2D eigenvalue weighted by molar-refractivity contribution is -0.133. The minimum absolute atomic E-state index is 0.176. The van der Waals surface area contributed by atoms with Gasteiger partial charge in [-0.15, -0.1) is 0 Å². The first-order valence-corrected chi connectivity index (χ1v) is 8.79. The summed E-state index contributed by atoms with van der Waals surface area (Å²) in [6.45, 7) is 3.45. The third kappa shape index (κ3) is 5.84. The maximum absolute atomic E-state index is 12.0. The molecule has 0 unspecified atom stereocenters. The minimum atomic E-state index is -3.59. The van der Waals surface area contributed by atoms with E-state index in [1.54, 1.807) is 24.3 Å². The number of hydrogen-bond donors (Lipinski definition) is 1. The van der Waals surface area contributed by atoms with Crippen molar-refractivity contribution >= 4 is 16.0 Å². The van der Waals surface area contributed by atoms with Gasteiger partial charge in [0.1, 0.15) is 12.3 Å². The third-order valence-corrected chi connectivity index (χ3v) is 4.46. The molecule has 122 valence electrons. The van der Waals surface area contributed by atoms with Crippen LogP contribution < -0.4 is 9.46 Å². The van der Waals surface area contributed by atoms with E-state index in [9.17, 15) is 13.2 Å². The molecule has 0 fully saturated rings. The molecule has 1 N–H and O–H groups in total. The van der Waals surface area contributed by atoms with Gasteiger partial charge in [-0.25, -0.2) is 13.1 Å². The van der Waals surface area contributed by atoms with Gasteiger partial charge >= 0.3 is 5.97 Å². The van der Waals surface area contributed by atoms with Crippen molar-refractivity contribution in [2.24, 2.45) is 0 Å². The average molecular weight is 333 g/mol. The van der Waals surface area contributed by atoms with E-state index >= 15 is 0 Å². The van der Waals surface area contributed by atoms with Crippen LogP contribution in [0.25, 0.3) is 0 Å². The Morgan fingerprint density at radius 3 is 2.04 bits per heavy atom. The van der Waals surface area contributed by atoms with Crippen molar-refractivity contribution in [3.8, 4) is 5.75 Å². The van der Waals surface area contributed by atoms with E-state index in [0.717, 1.165) is 11.1 Å². The first-order valence-electron chi connectivity index (χ1n) is 7.14. The van der Waals surface area contributed by atoms with Gasteiger partial charge in [0.2, 0.25) is 10.0 Å². The maximum Gasteiger partial charge on any atom is 0.326 e. The van der Waals surface area contributed by atoms with Gasteiger partial charge in [-0.1, -0.05) is 47.5 Å². The average Bonchev–Trinajstić information content (AvgIpc) is 2.50. The summed E-state index contributed by atoms with van der Waals surface area (Å²) in [4.78, 5) is 11.7. The van der Waals surface area contributed by atoms with E-state index < -0.39 is 22.5 Å². The molecule has 2 rings (SSSR count). The Morgan fingerprint density at radius 1 is 0.957 bits per heavy atom. The van der Waals surface area contributed by atoms with Crippen molar-refractivity contribution in [1.82, 2.24) is 4.72 Å². The summed E-state index contributed by atoms with van der Waals surface area (Å²) in [5, 5.41) is 0. The van der Waals surface area contributed by atoms with Crippen molar-refractivity contribution in [2.75, 3.05) is 6.54 Å². The van der Waals surface area contributed by atoms with Crippen LogP contribution in [0.3, 0.4) is 0 Å². The van der Waals surface area contributed by atoms with Crippen LogP contribution in [0.5, 0.6) is 5.75 Å². The molecule has 0 aliphatic carbocycles. The number of aryl methyl sites for hydroxylation is 2. The standard InChI is InChI=1S/C17H19NO4S/c1-13-3-7-15(8-4-13)12-23(20,21)18-11-17(19)22-16-9-5-14(2)6-10-16/h3-10,18H,11-12H2,1-2H3. The van der Waals surface area contributed by atoms with Crippen LogP contribution >= 0.6 is 0 Å². The number of benzene rings is 2. The minimum Gasteiger partial charge on any atom is -0.426 e. The fourth-order valence-corrected chi connectivity index (χ4v) is 2.97. The lowest BCUT2D eigenvalue weighted by Crippen LogP contribution is -2.32. The second kappa shape index (κ2) is 7.39. The van der Waals surface area contributed by atoms with Crippen LogP contribution in [0.1, 0.15) is 16.7 Å². The highest BCUT2D eigenvalue weighted by atomic mass is 32.2. The van der Waals surface area contributed by atoms with Crippen LogP contribution in [-0.4, -0.2) is 20.9 Å². The molecule has 0 aliphatic heterocycles. The molecule has 0 radical (unpaired) electrons. The van der Waals surface area contributed by atoms with Crippen LogP contribution in [-0.2, 0) is 20.6 Å². The summed E-state index contributed by atoms with van der Waals surface area (Å²) < 4.78 is 31.3. The molecule has 2 aromatic rings.